The fourth-order valence-electron chi connectivity index (χ4n) is 0.871. The first-order chi connectivity index (χ1) is 5.04. The Kier molecular flexibility index (Phi) is 2.70. The predicted molar refractivity (Wildman–Crippen MR) is 53.8 cm³/mol. The van der Waals surface area contributed by atoms with Crippen LogP contribution in [0.5, 0.6) is 0 Å². The van der Waals surface area contributed by atoms with Gasteiger partial charge in [-0.3, -0.25) is 0 Å². The highest BCUT2D eigenvalue weighted by Crippen LogP contribution is 2.27. The van der Waals surface area contributed by atoms with Crippen molar-refractivity contribution in [1.29, 1.82) is 0 Å². The van der Waals surface area contributed by atoms with E-state index in [0.29, 0.717) is 0 Å². The molecule has 0 atom stereocenters. The standard InChI is InChI=1S/C8H9Br2N/c1-4-5(2)7(9)8(10)11-6(4)3/h1-3H3. The summed E-state index contributed by atoms with van der Waals surface area (Å²) in [7, 11) is 0. The highest BCUT2D eigenvalue weighted by molar-refractivity contribution is 9.13. The van der Waals surface area contributed by atoms with Gasteiger partial charge in [0, 0.05) is 5.69 Å². The van der Waals surface area contributed by atoms with Crippen LogP contribution in [0.25, 0.3) is 0 Å². The van der Waals surface area contributed by atoms with Crippen LogP contribution in [0.1, 0.15) is 16.8 Å². The smallest absolute Gasteiger partial charge is 0.120 e. The van der Waals surface area contributed by atoms with Gasteiger partial charge in [0.05, 0.1) is 4.47 Å². The normalized spacial score (nSPS) is 10.3. The van der Waals surface area contributed by atoms with Crippen LogP contribution in [0.4, 0.5) is 0 Å². The summed E-state index contributed by atoms with van der Waals surface area (Å²) in [6.07, 6.45) is 0. The number of nitrogens with zero attached hydrogens (tertiary/aromatic N) is 1. The second kappa shape index (κ2) is 3.23. The average Bonchev–Trinajstić information content (AvgIpc) is 1.97. The quantitative estimate of drug-likeness (QED) is 0.662. The summed E-state index contributed by atoms with van der Waals surface area (Å²) in [6, 6.07) is 0. The fraction of sp³-hybridized carbons (Fsp3) is 0.375. The third kappa shape index (κ3) is 1.64. The van der Waals surface area contributed by atoms with Crippen molar-refractivity contribution in [2.24, 2.45) is 0 Å². The summed E-state index contributed by atoms with van der Waals surface area (Å²) in [5.74, 6) is 0. The molecule has 1 nitrogen and oxygen atoms in total. The molecule has 0 aromatic carbocycles. The average molecular weight is 279 g/mol. The second-order valence-electron chi connectivity index (χ2n) is 2.55. The minimum Gasteiger partial charge on any atom is -0.245 e. The Balaban J connectivity index is 3.46. The van der Waals surface area contributed by atoms with E-state index >= 15 is 0 Å². The van der Waals surface area contributed by atoms with Crippen LogP contribution >= 0.6 is 31.9 Å². The Morgan fingerprint density at radius 2 is 1.55 bits per heavy atom. The first-order valence-electron chi connectivity index (χ1n) is 3.33. The molecule has 1 aromatic rings. The van der Waals surface area contributed by atoms with Gasteiger partial charge >= 0.3 is 0 Å². The number of halogens is 2. The molecule has 0 amide bonds. The highest BCUT2D eigenvalue weighted by atomic mass is 79.9. The minimum absolute atomic E-state index is 0.887. The van der Waals surface area contributed by atoms with Gasteiger partial charge in [-0.15, -0.1) is 0 Å². The van der Waals surface area contributed by atoms with E-state index in [2.05, 4.69) is 50.7 Å². The molecule has 1 rings (SSSR count). The summed E-state index contributed by atoms with van der Waals surface area (Å²) in [6.45, 7) is 6.17. The molecule has 0 aliphatic rings. The van der Waals surface area contributed by atoms with Crippen LogP contribution < -0.4 is 0 Å². The number of aromatic nitrogens is 1. The van der Waals surface area contributed by atoms with Crippen molar-refractivity contribution in [3.63, 3.8) is 0 Å². The maximum absolute atomic E-state index is 4.30. The van der Waals surface area contributed by atoms with E-state index in [1.165, 1.54) is 11.1 Å². The van der Waals surface area contributed by atoms with Crippen LogP contribution in [0, 0.1) is 20.8 Å². The lowest BCUT2D eigenvalue weighted by atomic mass is 10.1. The molecule has 11 heavy (non-hydrogen) atoms. The highest BCUT2D eigenvalue weighted by Gasteiger charge is 2.06. The molecule has 0 fully saturated rings. The van der Waals surface area contributed by atoms with Gasteiger partial charge in [0.1, 0.15) is 4.60 Å². The van der Waals surface area contributed by atoms with Gasteiger partial charge in [0.15, 0.2) is 0 Å². The van der Waals surface area contributed by atoms with E-state index in [1.54, 1.807) is 0 Å². The van der Waals surface area contributed by atoms with Gasteiger partial charge in [-0.05, 0) is 63.8 Å². The molecular formula is C8H9Br2N. The van der Waals surface area contributed by atoms with E-state index in [1.807, 2.05) is 6.92 Å². The molecule has 0 unspecified atom stereocenters. The maximum Gasteiger partial charge on any atom is 0.120 e. The first-order valence-corrected chi connectivity index (χ1v) is 4.91. The topological polar surface area (TPSA) is 12.9 Å². The number of aryl methyl sites for hydroxylation is 1. The van der Waals surface area contributed by atoms with Crippen LogP contribution in [-0.2, 0) is 0 Å². The predicted octanol–water partition coefficient (Wildman–Crippen LogP) is 3.53. The maximum atomic E-state index is 4.30. The zero-order valence-electron chi connectivity index (χ0n) is 6.70. The van der Waals surface area contributed by atoms with Gasteiger partial charge in [0.25, 0.3) is 0 Å². The summed E-state index contributed by atoms with van der Waals surface area (Å²) >= 11 is 6.83. The van der Waals surface area contributed by atoms with E-state index in [9.17, 15) is 0 Å². The van der Waals surface area contributed by atoms with Crippen LogP contribution in [-0.4, -0.2) is 4.98 Å². The van der Waals surface area contributed by atoms with Gasteiger partial charge in [-0.25, -0.2) is 4.98 Å². The van der Waals surface area contributed by atoms with E-state index in [4.69, 9.17) is 0 Å². The number of pyridine rings is 1. The van der Waals surface area contributed by atoms with Crippen molar-refractivity contribution < 1.29 is 0 Å². The Bertz CT molecular complexity index is 268. The van der Waals surface area contributed by atoms with Crippen LogP contribution in [0.3, 0.4) is 0 Å². The SMILES string of the molecule is Cc1nc(Br)c(Br)c(C)c1C. The molecule has 1 aromatic heterocycles. The number of rotatable bonds is 0. The van der Waals surface area contributed by atoms with Crippen molar-refractivity contribution in [2.75, 3.05) is 0 Å². The Morgan fingerprint density at radius 1 is 1.00 bits per heavy atom. The lowest BCUT2D eigenvalue weighted by Crippen LogP contribution is -1.93. The molecular weight excluding hydrogens is 270 g/mol. The summed E-state index contributed by atoms with van der Waals surface area (Å²) in [4.78, 5) is 4.30. The van der Waals surface area contributed by atoms with Gasteiger partial charge in [0.2, 0.25) is 0 Å². The molecule has 60 valence electrons. The van der Waals surface area contributed by atoms with Crippen molar-refractivity contribution in [3.05, 3.63) is 25.9 Å². The molecule has 0 aliphatic heterocycles. The lowest BCUT2D eigenvalue weighted by molar-refractivity contribution is 1.08. The van der Waals surface area contributed by atoms with Crippen molar-refractivity contribution >= 4 is 31.9 Å². The third-order valence-electron chi connectivity index (χ3n) is 1.88. The molecule has 1 heterocycles. The van der Waals surface area contributed by atoms with Crippen molar-refractivity contribution in [3.8, 4) is 0 Å². The molecule has 0 radical (unpaired) electrons. The second-order valence-corrected chi connectivity index (χ2v) is 4.10. The zero-order chi connectivity index (χ0) is 8.59. The molecule has 0 saturated carbocycles. The van der Waals surface area contributed by atoms with Crippen LogP contribution in [0.15, 0.2) is 9.08 Å². The summed E-state index contributed by atoms with van der Waals surface area (Å²) in [5.41, 5.74) is 3.59. The monoisotopic (exact) mass is 277 g/mol. The first kappa shape index (κ1) is 9.20. The summed E-state index contributed by atoms with van der Waals surface area (Å²) < 4.78 is 1.94. The minimum atomic E-state index is 0.887. The van der Waals surface area contributed by atoms with Crippen LogP contribution in [0.2, 0.25) is 0 Å². The molecule has 0 aliphatic carbocycles. The third-order valence-corrected chi connectivity index (χ3v) is 3.96. The van der Waals surface area contributed by atoms with Gasteiger partial charge in [-0.2, -0.15) is 0 Å². The van der Waals surface area contributed by atoms with E-state index < -0.39 is 0 Å². The van der Waals surface area contributed by atoms with Gasteiger partial charge < -0.3 is 0 Å². The van der Waals surface area contributed by atoms with E-state index in [0.717, 1.165) is 14.8 Å². The van der Waals surface area contributed by atoms with Crippen molar-refractivity contribution in [1.82, 2.24) is 4.98 Å². The fourth-order valence-corrected chi connectivity index (χ4v) is 1.82. The van der Waals surface area contributed by atoms with E-state index in [-0.39, 0.29) is 0 Å². The Morgan fingerprint density at radius 3 is 2.09 bits per heavy atom. The number of hydrogen-bond donors (Lipinski definition) is 0. The molecule has 0 spiro atoms. The van der Waals surface area contributed by atoms with Crippen molar-refractivity contribution in [2.45, 2.75) is 20.8 Å². The number of hydrogen-bond acceptors (Lipinski definition) is 1. The molecule has 0 N–H and O–H groups in total. The Labute approximate surface area is 83.5 Å². The largest absolute Gasteiger partial charge is 0.245 e. The van der Waals surface area contributed by atoms with Gasteiger partial charge in [-0.1, -0.05) is 0 Å². The molecule has 3 heteroatoms. The lowest BCUT2D eigenvalue weighted by Gasteiger charge is -2.07. The zero-order valence-corrected chi connectivity index (χ0v) is 9.88. The Hall–Kier alpha value is 0.110. The molecule has 0 saturated heterocycles. The molecule has 0 bridgehead atoms. The summed E-state index contributed by atoms with van der Waals surface area (Å²) in [5, 5.41) is 0.